The normalized spacial score (nSPS) is 12.1. The molecule has 0 spiro atoms. The lowest BCUT2D eigenvalue weighted by molar-refractivity contribution is -0.144. The number of hydrogen-bond acceptors (Lipinski definition) is 3. The minimum absolute atomic E-state index is 0.129. The van der Waals surface area contributed by atoms with Crippen molar-refractivity contribution in [2.45, 2.75) is 32.1 Å². The molecule has 0 aliphatic rings. The van der Waals surface area contributed by atoms with Crippen LogP contribution in [0, 0.1) is 5.92 Å². The summed E-state index contributed by atoms with van der Waals surface area (Å²) in [5.74, 6) is -3.41. The van der Waals surface area contributed by atoms with Gasteiger partial charge in [-0.15, -0.1) is 0 Å². The van der Waals surface area contributed by atoms with Crippen LogP contribution in [-0.2, 0) is 9.59 Å². The van der Waals surface area contributed by atoms with Crippen LogP contribution in [-0.4, -0.2) is 33.9 Å². The predicted molar refractivity (Wildman–Crippen MR) is 58.1 cm³/mol. The van der Waals surface area contributed by atoms with E-state index in [1.54, 1.807) is 0 Å². The smallest absolute Gasteiger partial charge is 0.331 e. The Hall–Kier alpha value is -1.36. The lowest BCUT2D eigenvalue weighted by Crippen LogP contribution is -2.20. The van der Waals surface area contributed by atoms with Crippen LogP contribution in [0.1, 0.15) is 32.1 Å². The summed E-state index contributed by atoms with van der Waals surface area (Å²) in [6, 6.07) is 0. The van der Waals surface area contributed by atoms with Gasteiger partial charge in [0, 0.05) is 12.2 Å². The molecule has 0 aromatic rings. The van der Waals surface area contributed by atoms with Crippen molar-refractivity contribution in [3.63, 3.8) is 0 Å². The fraction of sp³-hybridized carbons (Fsp3) is 0.636. The first-order chi connectivity index (χ1) is 7.50. The highest BCUT2D eigenvalue weighted by molar-refractivity contribution is 5.93. The molecule has 0 saturated carbocycles. The Morgan fingerprint density at radius 2 is 1.62 bits per heavy atom. The van der Waals surface area contributed by atoms with Crippen LogP contribution in [0.25, 0.3) is 0 Å². The average Bonchev–Trinajstić information content (AvgIpc) is 2.21. The molecule has 1 atom stereocenters. The number of unbranched alkanes of at least 4 members (excludes halogenated alkanes) is 3. The number of carboxylic acids is 2. The summed E-state index contributed by atoms with van der Waals surface area (Å²) < 4.78 is 0. The van der Waals surface area contributed by atoms with E-state index in [1.807, 2.05) is 0 Å². The second-order valence-electron chi connectivity index (χ2n) is 3.65. The summed E-state index contributed by atoms with van der Waals surface area (Å²) in [6.07, 6.45) is 3.21. The number of hydrogen-bond donors (Lipinski definition) is 3. The standard InChI is InChI=1S/C11H18O5/c1-8(10(13)14)9(11(15)16)6-4-2-3-5-7-12/h9,12H,1-7H2,(H,13,14)(H,15,16)/t9-/m1/s1. The molecule has 5 heteroatoms. The van der Waals surface area contributed by atoms with Crippen LogP contribution in [0.3, 0.4) is 0 Å². The number of aliphatic hydroxyl groups excluding tert-OH is 1. The Morgan fingerprint density at radius 1 is 1.06 bits per heavy atom. The zero-order valence-electron chi connectivity index (χ0n) is 9.19. The monoisotopic (exact) mass is 230 g/mol. The van der Waals surface area contributed by atoms with Gasteiger partial charge in [-0.2, -0.15) is 0 Å². The molecular formula is C11H18O5. The Bertz CT molecular complexity index is 259. The molecule has 0 aliphatic heterocycles. The summed E-state index contributed by atoms with van der Waals surface area (Å²) in [7, 11) is 0. The van der Waals surface area contributed by atoms with Gasteiger partial charge in [0.15, 0.2) is 0 Å². The van der Waals surface area contributed by atoms with Crippen molar-refractivity contribution in [3.05, 3.63) is 12.2 Å². The Labute approximate surface area is 94.4 Å². The second-order valence-corrected chi connectivity index (χ2v) is 3.65. The quantitative estimate of drug-likeness (QED) is 0.409. The lowest BCUT2D eigenvalue weighted by atomic mass is 9.94. The van der Waals surface area contributed by atoms with E-state index < -0.39 is 17.9 Å². The molecule has 5 nitrogen and oxygen atoms in total. The van der Waals surface area contributed by atoms with Crippen LogP contribution in [0.15, 0.2) is 12.2 Å². The zero-order valence-corrected chi connectivity index (χ0v) is 9.19. The highest BCUT2D eigenvalue weighted by Crippen LogP contribution is 2.18. The molecule has 92 valence electrons. The fourth-order valence-corrected chi connectivity index (χ4v) is 1.41. The first kappa shape index (κ1) is 14.6. The number of aliphatic carboxylic acids is 2. The molecular weight excluding hydrogens is 212 g/mol. The average molecular weight is 230 g/mol. The van der Waals surface area contributed by atoms with Crippen molar-refractivity contribution in [2.75, 3.05) is 6.61 Å². The van der Waals surface area contributed by atoms with Gasteiger partial charge in [-0.1, -0.05) is 25.8 Å². The molecule has 0 aromatic heterocycles. The van der Waals surface area contributed by atoms with Gasteiger partial charge in [0.25, 0.3) is 0 Å². The predicted octanol–water partition coefficient (Wildman–Crippen LogP) is 1.27. The molecule has 0 unspecified atom stereocenters. The van der Waals surface area contributed by atoms with Gasteiger partial charge < -0.3 is 15.3 Å². The van der Waals surface area contributed by atoms with E-state index in [4.69, 9.17) is 15.3 Å². The summed E-state index contributed by atoms with van der Waals surface area (Å²) in [5, 5.41) is 26.0. The third-order valence-corrected chi connectivity index (χ3v) is 2.39. The highest BCUT2D eigenvalue weighted by Gasteiger charge is 2.24. The molecule has 0 aliphatic carbocycles. The van der Waals surface area contributed by atoms with Gasteiger partial charge in [-0.25, -0.2) is 4.79 Å². The van der Waals surface area contributed by atoms with Gasteiger partial charge in [-0.3, -0.25) is 4.79 Å². The molecule has 0 bridgehead atoms. The van der Waals surface area contributed by atoms with E-state index in [0.717, 1.165) is 12.8 Å². The van der Waals surface area contributed by atoms with E-state index in [1.165, 1.54) is 0 Å². The van der Waals surface area contributed by atoms with Crippen molar-refractivity contribution in [3.8, 4) is 0 Å². The minimum Gasteiger partial charge on any atom is -0.481 e. The maximum absolute atomic E-state index is 10.8. The highest BCUT2D eigenvalue weighted by atomic mass is 16.4. The van der Waals surface area contributed by atoms with Gasteiger partial charge in [0.1, 0.15) is 0 Å². The van der Waals surface area contributed by atoms with Crippen molar-refractivity contribution in [1.82, 2.24) is 0 Å². The summed E-state index contributed by atoms with van der Waals surface area (Å²) in [4.78, 5) is 21.4. The van der Waals surface area contributed by atoms with E-state index in [0.29, 0.717) is 12.8 Å². The van der Waals surface area contributed by atoms with Crippen molar-refractivity contribution >= 4 is 11.9 Å². The van der Waals surface area contributed by atoms with E-state index in [2.05, 4.69) is 6.58 Å². The SMILES string of the molecule is C=C(C(=O)O)[C@@H](CCCCCCO)C(=O)O. The molecule has 3 N–H and O–H groups in total. The minimum atomic E-state index is -1.26. The maximum Gasteiger partial charge on any atom is 0.331 e. The van der Waals surface area contributed by atoms with Gasteiger partial charge >= 0.3 is 11.9 Å². The topological polar surface area (TPSA) is 94.8 Å². The molecule has 0 heterocycles. The molecule has 0 rings (SSSR count). The van der Waals surface area contributed by atoms with E-state index >= 15 is 0 Å². The van der Waals surface area contributed by atoms with Crippen LogP contribution < -0.4 is 0 Å². The Balaban J connectivity index is 4.01. The van der Waals surface area contributed by atoms with Crippen LogP contribution in [0.5, 0.6) is 0 Å². The summed E-state index contributed by atoms with van der Waals surface area (Å²) >= 11 is 0. The third-order valence-electron chi connectivity index (χ3n) is 2.39. The van der Waals surface area contributed by atoms with Crippen molar-refractivity contribution in [1.29, 1.82) is 0 Å². The van der Waals surface area contributed by atoms with Crippen LogP contribution in [0.4, 0.5) is 0 Å². The maximum atomic E-state index is 10.8. The Morgan fingerprint density at radius 3 is 2.06 bits per heavy atom. The van der Waals surface area contributed by atoms with Gasteiger partial charge in [0.2, 0.25) is 0 Å². The third kappa shape index (κ3) is 5.50. The fourth-order valence-electron chi connectivity index (χ4n) is 1.41. The van der Waals surface area contributed by atoms with E-state index in [9.17, 15) is 9.59 Å². The first-order valence-electron chi connectivity index (χ1n) is 5.26. The molecule has 0 amide bonds. The zero-order chi connectivity index (χ0) is 12.6. The van der Waals surface area contributed by atoms with Gasteiger partial charge in [0.05, 0.1) is 5.92 Å². The van der Waals surface area contributed by atoms with Crippen LogP contribution >= 0.6 is 0 Å². The molecule has 0 aromatic carbocycles. The number of rotatable bonds is 9. The molecule has 16 heavy (non-hydrogen) atoms. The number of aliphatic hydroxyl groups is 1. The van der Waals surface area contributed by atoms with Crippen molar-refractivity contribution < 1.29 is 24.9 Å². The van der Waals surface area contributed by atoms with Crippen LogP contribution in [0.2, 0.25) is 0 Å². The number of carbonyl (C=O) groups is 2. The molecule has 0 fully saturated rings. The summed E-state index contributed by atoms with van der Waals surface area (Å²) in [6.45, 7) is 3.40. The van der Waals surface area contributed by atoms with E-state index in [-0.39, 0.29) is 18.6 Å². The molecule has 0 radical (unpaired) electrons. The Kier molecular flexibility index (Phi) is 7.20. The largest absolute Gasteiger partial charge is 0.481 e. The first-order valence-corrected chi connectivity index (χ1v) is 5.26. The molecule has 0 saturated heterocycles. The number of carboxylic acid groups (broad SMARTS) is 2. The van der Waals surface area contributed by atoms with Gasteiger partial charge in [-0.05, 0) is 12.8 Å². The second kappa shape index (κ2) is 7.87. The van der Waals surface area contributed by atoms with Crippen molar-refractivity contribution in [2.24, 2.45) is 5.92 Å². The summed E-state index contributed by atoms with van der Waals surface area (Å²) in [5.41, 5.74) is -0.269. The lowest BCUT2D eigenvalue weighted by Gasteiger charge is -2.11.